The Hall–Kier alpha value is -4.06. The van der Waals surface area contributed by atoms with Crippen molar-refractivity contribution in [2.24, 2.45) is 0 Å². The zero-order chi connectivity index (χ0) is 33.6. The van der Waals surface area contributed by atoms with Gasteiger partial charge in [0.15, 0.2) is 4.90 Å². The number of aryl methyl sites for hydroxylation is 2. The molecule has 0 bridgehead atoms. The highest BCUT2D eigenvalue weighted by Crippen LogP contribution is 2.35. The molecule has 0 radical (unpaired) electrons. The van der Waals surface area contributed by atoms with Gasteiger partial charge >= 0.3 is 6.18 Å². The summed E-state index contributed by atoms with van der Waals surface area (Å²) in [5.41, 5.74) is 1.73. The van der Waals surface area contributed by atoms with Gasteiger partial charge in [-0.25, -0.2) is 4.98 Å². The fourth-order valence-corrected chi connectivity index (χ4v) is 5.87. The number of unbranched alkanes of at least 4 members (excludes halogenated alkanes) is 1. The summed E-state index contributed by atoms with van der Waals surface area (Å²) in [5.74, 6) is 0.463. The molecule has 4 rings (SSSR count). The number of benzene rings is 3. The predicted octanol–water partition coefficient (Wildman–Crippen LogP) is 8.18. The molecule has 1 amide bonds. The number of halogens is 3. The first-order valence-electron chi connectivity index (χ1n) is 15.7. The highest BCUT2D eigenvalue weighted by molar-refractivity contribution is 7.91. The van der Waals surface area contributed by atoms with Crippen LogP contribution in [0.25, 0.3) is 17.2 Å². The highest BCUT2D eigenvalue weighted by Gasteiger charge is 2.32. The fourth-order valence-electron chi connectivity index (χ4n) is 4.80. The predicted molar refractivity (Wildman–Crippen MR) is 180 cm³/mol. The maximum atomic E-state index is 13.8. The third-order valence-corrected chi connectivity index (χ3v) is 8.66. The SMILES string of the molecule is CCCCOCCOc1ccc(-c2ccc(C(F)(F)F)c(/C=C/C(=O)Nc3ccc([S@@+]([O-])CCc4cncn4CCC)cc3)c2)cc1. The summed E-state index contributed by atoms with van der Waals surface area (Å²) < 4.78 is 67.5. The number of hydrogen-bond acceptors (Lipinski definition) is 5. The van der Waals surface area contributed by atoms with Crippen molar-refractivity contribution in [3.05, 3.63) is 102 Å². The molecule has 0 fully saturated rings. The van der Waals surface area contributed by atoms with Crippen LogP contribution in [0.4, 0.5) is 18.9 Å². The molecule has 0 saturated carbocycles. The molecule has 1 N–H and O–H groups in total. The van der Waals surface area contributed by atoms with Gasteiger partial charge in [-0.15, -0.1) is 0 Å². The van der Waals surface area contributed by atoms with Crippen LogP contribution in [-0.4, -0.2) is 45.6 Å². The summed E-state index contributed by atoms with van der Waals surface area (Å²) in [4.78, 5) is 17.5. The molecule has 1 aromatic heterocycles. The van der Waals surface area contributed by atoms with Gasteiger partial charge in [0, 0.05) is 43.2 Å². The van der Waals surface area contributed by atoms with Gasteiger partial charge in [0.2, 0.25) is 5.91 Å². The van der Waals surface area contributed by atoms with Crippen molar-refractivity contribution in [2.45, 2.75) is 57.1 Å². The number of ether oxygens (including phenoxy) is 2. The van der Waals surface area contributed by atoms with Gasteiger partial charge in [-0.1, -0.05) is 38.5 Å². The smallest absolute Gasteiger partial charge is 0.416 e. The molecule has 1 atom stereocenters. The van der Waals surface area contributed by atoms with Crippen LogP contribution >= 0.6 is 0 Å². The second-order valence-electron chi connectivity index (χ2n) is 10.9. The number of aromatic nitrogens is 2. The van der Waals surface area contributed by atoms with Crippen molar-refractivity contribution in [1.29, 1.82) is 0 Å². The van der Waals surface area contributed by atoms with Gasteiger partial charge in [-0.05, 0) is 95.3 Å². The van der Waals surface area contributed by atoms with E-state index in [9.17, 15) is 22.5 Å². The van der Waals surface area contributed by atoms with Crippen LogP contribution in [0.1, 0.15) is 49.9 Å². The summed E-state index contributed by atoms with van der Waals surface area (Å²) in [6.07, 6.45) is 4.83. The molecule has 0 aliphatic heterocycles. The van der Waals surface area contributed by atoms with Gasteiger partial charge in [-0.2, -0.15) is 13.2 Å². The zero-order valence-electron chi connectivity index (χ0n) is 26.6. The summed E-state index contributed by atoms with van der Waals surface area (Å²) in [6, 6.07) is 17.5. The van der Waals surface area contributed by atoms with Crippen LogP contribution in [0.3, 0.4) is 0 Å². The van der Waals surface area contributed by atoms with E-state index in [-0.39, 0.29) is 5.56 Å². The van der Waals surface area contributed by atoms with Crippen LogP contribution in [0.2, 0.25) is 0 Å². The number of imidazole rings is 1. The van der Waals surface area contributed by atoms with E-state index in [0.29, 0.717) is 59.5 Å². The van der Waals surface area contributed by atoms with E-state index in [1.165, 1.54) is 12.1 Å². The second-order valence-corrected chi connectivity index (χ2v) is 12.4. The number of rotatable bonds is 17. The van der Waals surface area contributed by atoms with Crippen LogP contribution < -0.4 is 10.1 Å². The minimum atomic E-state index is -4.60. The van der Waals surface area contributed by atoms with Crippen LogP contribution in [0.15, 0.2) is 90.2 Å². The van der Waals surface area contributed by atoms with Crippen LogP contribution in [0.5, 0.6) is 5.75 Å². The van der Waals surface area contributed by atoms with E-state index in [0.717, 1.165) is 49.7 Å². The lowest BCUT2D eigenvalue weighted by Crippen LogP contribution is -2.12. The largest absolute Gasteiger partial charge is 0.611 e. The van der Waals surface area contributed by atoms with Crippen molar-refractivity contribution < 1.29 is 32.0 Å². The molecule has 47 heavy (non-hydrogen) atoms. The van der Waals surface area contributed by atoms with Gasteiger partial charge < -0.3 is 23.9 Å². The van der Waals surface area contributed by atoms with Crippen molar-refractivity contribution in [1.82, 2.24) is 9.55 Å². The number of anilines is 1. The molecule has 4 aromatic rings. The standard InChI is InChI=1S/C36H40F3N3O4S/c1-3-5-20-45-21-22-46-32-12-6-27(7-13-32)28-8-16-34(36(37,38)39)29(24-28)9-17-35(43)41-30-10-14-33(15-11-30)47(44)23-18-31-25-40-26-42(31)19-4-2/h6-17,24-26H,3-5,18-23H2,1-2H3,(H,41,43)/b17-9+/t47-/m0/s1. The van der Waals surface area contributed by atoms with E-state index >= 15 is 0 Å². The van der Waals surface area contributed by atoms with Crippen LogP contribution in [0, 0.1) is 0 Å². The Morgan fingerprint density at radius 1 is 0.979 bits per heavy atom. The molecule has 0 aliphatic carbocycles. The molecular weight excluding hydrogens is 627 g/mol. The van der Waals surface area contributed by atoms with E-state index in [1.807, 2.05) is 0 Å². The summed E-state index contributed by atoms with van der Waals surface area (Å²) in [7, 11) is 0. The minimum Gasteiger partial charge on any atom is -0.611 e. The number of carbonyl (C=O) groups is 1. The van der Waals surface area contributed by atoms with Crippen molar-refractivity contribution in [2.75, 3.05) is 30.9 Å². The van der Waals surface area contributed by atoms with E-state index < -0.39 is 28.8 Å². The Balaban J connectivity index is 1.36. The average molecular weight is 668 g/mol. The van der Waals surface area contributed by atoms with Crippen LogP contribution in [-0.2, 0) is 39.8 Å². The fraction of sp³-hybridized carbons (Fsp3) is 0.333. The lowest BCUT2D eigenvalue weighted by atomic mass is 9.98. The minimum absolute atomic E-state index is 0.138. The highest BCUT2D eigenvalue weighted by atomic mass is 32.2. The Morgan fingerprint density at radius 2 is 1.72 bits per heavy atom. The lowest BCUT2D eigenvalue weighted by Gasteiger charge is -2.13. The third-order valence-electron chi connectivity index (χ3n) is 7.29. The molecule has 0 unspecified atom stereocenters. The zero-order valence-corrected chi connectivity index (χ0v) is 27.4. The average Bonchev–Trinajstić information content (AvgIpc) is 3.51. The topological polar surface area (TPSA) is 88.4 Å². The Morgan fingerprint density at radius 3 is 2.43 bits per heavy atom. The maximum absolute atomic E-state index is 13.8. The monoisotopic (exact) mass is 667 g/mol. The number of nitrogens with zero attached hydrogens (tertiary/aromatic N) is 2. The number of amides is 1. The van der Waals surface area contributed by atoms with Gasteiger partial charge in [0.25, 0.3) is 0 Å². The van der Waals surface area contributed by atoms with Crippen molar-refractivity contribution in [3.63, 3.8) is 0 Å². The van der Waals surface area contributed by atoms with E-state index in [2.05, 4.69) is 28.7 Å². The maximum Gasteiger partial charge on any atom is 0.416 e. The summed E-state index contributed by atoms with van der Waals surface area (Å²) in [5, 5.41) is 2.66. The van der Waals surface area contributed by atoms with Gasteiger partial charge in [0.1, 0.15) is 18.1 Å². The van der Waals surface area contributed by atoms with Crippen molar-refractivity contribution in [3.8, 4) is 16.9 Å². The molecule has 1 heterocycles. The van der Waals surface area contributed by atoms with E-state index in [1.54, 1.807) is 61.1 Å². The lowest BCUT2D eigenvalue weighted by molar-refractivity contribution is -0.137. The number of alkyl halides is 3. The molecular formula is C36H40F3N3O4S. The van der Waals surface area contributed by atoms with Crippen molar-refractivity contribution >= 4 is 28.8 Å². The molecule has 11 heteroatoms. The number of carbonyl (C=O) groups excluding carboxylic acids is 1. The first-order chi connectivity index (χ1) is 22.7. The Labute approximate surface area is 277 Å². The van der Waals surface area contributed by atoms with E-state index in [4.69, 9.17) is 9.47 Å². The Bertz CT molecular complexity index is 1590. The quantitative estimate of drug-likeness (QED) is 0.0697. The molecule has 0 saturated heterocycles. The van der Waals surface area contributed by atoms with Gasteiger partial charge in [0.05, 0.1) is 18.5 Å². The molecule has 250 valence electrons. The molecule has 0 spiro atoms. The third kappa shape index (κ3) is 11.0. The molecule has 0 aliphatic rings. The number of nitrogens with one attached hydrogen (secondary N) is 1. The normalized spacial score (nSPS) is 12.4. The number of hydrogen-bond donors (Lipinski definition) is 1. The van der Waals surface area contributed by atoms with Gasteiger partial charge in [-0.3, -0.25) is 4.79 Å². The summed E-state index contributed by atoms with van der Waals surface area (Å²) in [6.45, 7) is 6.60. The summed E-state index contributed by atoms with van der Waals surface area (Å²) >= 11 is -1.25. The second kappa shape index (κ2) is 17.7. The molecule has 7 nitrogen and oxygen atoms in total. The molecule has 3 aromatic carbocycles. The Kier molecular flexibility index (Phi) is 13.5. The first kappa shape index (κ1) is 35.8. The first-order valence-corrected chi connectivity index (χ1v) is 17.0.